The van der Waals surface area contributed by atoms with Gasteiger partial charge < -0.3 is 10.1 Å². The molecule has 20 heavy (non-hydrogen) atoms. The van der Waals surface area contributed by atoms with E-state index in [2.05, 4.69) is 10.2 Å². The second-order valence-corrected chi connectivity index (χ2v) is 3.86. The summed E-state index contributed by atoms with van der Waals surface area (Å²) in [5, 5.41) is 28.9. The molecule has 0 N–H and O–H groups in total. The number of nitrogens with zero attached hydrogens (tertiary/aromatic N) is 6. The number of hydrogen-bond acceptors (Lipinski definition) is 6. The fourth-order valence-corrected chi connectivity index (χ4v) is 1.89. The van der Waals surface area contributed by atoms with Crippen molar-refractivity contribution in [2.45, 2.75) is 0 Å². The topological polar surface area (TPSA) is 122 Å². The molecule has 0 atom stereocenters. The van der Waals surface area contributed by atoms with Crippen LogP contribution in [0.2, 0.25) is 0 Å². The summed E-state index contributed by atoms with van der Waals surface area (Å²) in [6.45, 7) is 0. The van der Waals surface area contributed by atoms with Crippen LogP contribution in [0.4, 0.5) is 5.69 Å². The number of rotatable bonds is 3. The van der Waals surface area contributed by atoms with Gasteiger partial charge in [-0.15, -0.1) is 0 Å². The molecule has 0 radical (unpaired) electrons. The van der Waals surface area contributed by atoms with Gasteiger partial charge >= 0.3 is 0 Å². The Morgan fingerprint density at radius 3 is 2.60 bits per heavy atom. The minimum absolute atomic E-state index is 0.0811. The van der Waals surface area contributed by atoms with Crippen molar-refractivity contribution in [2.24, 2.45) is 0 Å². The summed E-state index contributed by atoms with van der Waals surface area (Å²) in [4.78, 5) is 21.5. The van der Waals surface area contributed by atoms with Crippen LogP contribution in [-0.2, 0) is 0 Å². The Kier molecular flexibility index (Phi) is 2.42. The Bertz CT molecular complexity index is 835. The number of fused-ring (bicyclic) bond motifs is 1. The molecular weight excluding hydrogens is 268 g/mol. The SMILES string of the molecule is O=[N+]([O-])c1cccc2c1cnn2-c1ccn([N+](=O)[O-])n1. The summed E-state index contributed by atoms with van der Waals surface area (Å²) in [6.07, 6.45) is 2.50. The summed E-state index contributed by atoms with van der Waals surface area (Å²) in [5.74, 6) is 0.206. The minimum atomic E-state index is -0.697. The van der Waals surface area contributed by atoms with E-state index < -0.39 is 9.96 Å². The zero-order valence-corrected chi connectivity index (χ0v) is 9.78. The van der Waals surface area contributed by atoms with Gasteiger partial charge in [0.15, 0.2) is 0 Å². The molecule has 10 heteroatoms. The van der Waals surface area contributed by atoms with E-state index in [1.165, 1.54) is 35.3 Å². The highest BCUT2D eigenvalue weighted by Gasteiger charge is 2.19. The van der Waals surface area contributed by atoms with E-state index in [1.54, 1.807) is 6.07 Å². The molecule has 0 amide bonds. The predicted octanol–water partition coefficient (Wildman–Crippen LogP) is 1.17. The lowest BCUT2D eigenvalue weighted by Gasteiger charge is -1.95. The Labute approximate surface area is 110 Å². The van der Waals surface area contributed by atoms with E-state index in [4.69, 9.17) is 0 Å². The van der Waals surface area contributed by atoms with Crippen molar-refractivity contribution in [1.29, 1.82) is 0 Å². The van der Waals surface area contributed by atoms with Crippen LogP contribution in [0.15, 0.2) is 36.7 Å². The predicted molar refractivity (Wildman–Crippen MR) is 65.9 cm³/mol. The molecular formula is C10H6N6O4. The molecule has 0 aliphatic rings. The first-order valence-corrected chi connectivity index (χ1v) is 5.40. The van der Waals surface area contributed by atoms with Crippen molar-refractivity contribution in [2.75, 3.05) is 0 Å². The molecule has 10 nitrogen and oxygen atoms in total. The summed E-state index contributed by atoms with van der Waals surface area (Å²) in [6, 6.07) is 5.90. The first-order valence-electron chi connectivity index (χ1n) is 5.40. The Balaban J connectivity index is 2.19. The van der Waals surface area contributed by atoms with E-state index in [9.17, 15) is 20.2 Å². The largest absolute Gasteiger partial charge is 0.339 e. The Morgan fingerprint density at radius 1 is 1.15 bits per heavy atom. The van der Waals surface area contributed by atoms with E-state index in [0.29, 0.717) is 15.7 Å². The molecule has 2 heterocycles. The van der Waals surface area contributed by atoms with Gasteiger partial charge in [-0.2, -0.15) is 9.78 Å². The summed E-state index contributed by atoms with van der Waals surface area (Å²) < 4.78 is 1.31. The monoisotopic (exact) mass is 274 g/mol. The van der Waals surface area contributed by atoms with E-state index in [1.807, 2.05) is 0 Å². The zero-order valence-electron chi connectivity index (χ0n) is 9.78. The second-order valence-electron chi connectivity index (χ2n) is 3.86. The molecule has 0 saturated carbocycles. The van der Waals surface area contributed by atoms with Crippen molar-refractivity contribution in [3.05, 3.63) is 56.9 Å². The number of non-ortho nitro benzene ring substituents is 1. The van der Waals surface area contributed by atoms with Gasteiger partial charge in [-0.3, -0.25) is 10.1 Å². The minimum Gasteiger partial charge on any atom is -0.339 e. The fourth-order valence-electron chi connectivity index (χ4n) is 1.89. The fraction of sp³-hybridized carbons (Fsp3) is 0. The molecule has 0 bridgehead atoms. The third-order valence-corrected chi connectivity index (χ3v) is 2.73. The molecule has 2 aromatic heterocycles. The maximum absolute atomic E-state index is 10.9. The summed E-state index contributed by atoms with van der Waals surface area (Å²) >= 11 is 0. The average Bonchev–Trinajstić information content (AvgIpc) is 3.03. The number of nitro benzene ring substituents is 1. The van der Waals surface area contributed by atoms with E-state index in [0.717, 1.165) is 0 Å². The zero-order chi connectivity index (χ0) is 14.3. The van der Waals surface area contributed by atoms with Gasteiger partial charge in [0.25, 0.3) is 11.5 Å². The van der Waals surface area contributed by atoms with E-state index >= 15 is 0 Å². The summed E-state index contributed by atoms with van der Waals surface area (Å²) in [5.41, 5.74) is 0.371. The van der Waals surface area contributed by atoms with Crippen molar-refractivity contribution in [3.63, 3.8) is 0 Å². The second kappa shape index (κ2) is 4.12. The van der Waals surface area contributed by atoms with Gasteiger partial charge in [-0.05, 0) is 6.07 Å². The highest BCUT2D eigenvalue weighted by Crippen LogP contribution is 2.26. The number of benzene rings is 1. The lowest BCUT2D eigenvalue weighted by atomic mass is 10.2. The Hall–Kier alpha value is -3.30. The molecule has 0 saturated heterocycles. The standard InChI is InChI=1S/C10H6N6O4/c17-15(18)9-3-1-2-8-7(9)6-11-14(8)10-4-5-13(12-10)16(19)20/h1-6H. The van der Waals surface area contributed by atoms with Gasteiger partial charge in [0.2, 0.25) is 0 Å². The third-order valence-electron chi connectivity index (χ3n) is 2.73. The van der Waals surface area contributed by atoms with Gasteiger partial charge in [-0.1, -0.05) is 6.07 Å². The first-order chi connectivity index (χ1) is 9.58. The molecule has 3 aromatic rings. The van der Waals surface area contributed by atoms with Crippen LogP contribution in [0.1, 0.15) is 0 Å². The first kappa shape index (κ1) is 11.8. The van der Waals surface area contributed by atoms with Crippen molar-refractivity contribution in [3.8, 4) is 5.82 Å². The maximum Gasteiger partial charge on any atom is 0.296 e. The van der Waals surface area contributed by atoms with Crippen molar-refractivity contribution >= 4 is 16.6 Å². The van der Waals surface area contributed by atoms with Crippen LogP contribution in [-0.4, -0.2) is 29.6 Å². The molecule has 0 aliphatic carbocycles. The van der Waals surface area contributed by atoms with Gasteiger partial charge in [0, 0.05) is 16.9 Å². The van der Waals surface area contributed by atoms with Gasteiger partial charge in [0.1, 0.15) is 6.20 Å². The normalized spacial score (nSPS) is 10.8. The quantitative estimate of drug-likeness (QED) is 0.521. The molecule has 0 unspecified atom stereocenters. The number of nitro groups is 2. The van der Waals surface area contributed by atoms with E-state index in [-0.39, 0.29) is 11.5 Å². The molecule has 100 valence electrons. The van der Waals surface area contributed by atoms with Crippen LogP contribution in [0.3, 0.4) is 0 Å². The number of hydrogen-bond donors (Lipinski definition) is 0. The highest BCUT2D eigenvalue weighted by atomic mass is 16.7. The average molecular weight is 274 g/mol. The smallest absolute Gasteiger partial charge is 0.296 e. The highest BCUT2D eigenvalue weighted by molar-refractivity contribution is 5.88. The molecule has 0 fully saturated rings. The van der Waals surface area contributed by atoms with Crippen LogP contribution in [0.25, 0.3) is 16.7 Å². The lowest BCUT2D eigenvalue weighted by Crippen LogP contribution is -2.09. The maximum atomic E-state index is 10.9. The van der Waals surface area contributed by atoms with Crippen LogP contribution >= 0.6 is 0 Å². The molecule has 3 rings (SSSR count). The van der Waals surface area contributed by atoms with Crippen LogP contribution in [0, 0.1) is 20.2 Å². The lowest BCUT2D eigenvalue weighted by molar-refractivity contribution is -0.552. The van der Waals surface area contributed by atoms with Crippen LogP contribution < -0.4 is 0 Å². The Morgan fingerprint density at radius 2 is 1.95 bits per heavy atom. The van der Waals surface area contributed by atoms with Crippen molar-refractivity contribution < 1.29 is 9.96 Å². The van der Waals surface area contributed by atoms with Crippen molar-refractivity contribution in [1.82, 2.24) is 19.7 Å². The molecule has 0 spiro atoms. The molecule has 0 aliphatic heterocycles. The van der Waals surface area contributed by atoms with Gasteiger partial charge in [0.05, 0.1) is 32.2 Å². The molecule has 1 aromatic carbocycles. The summed E-state index contributed by atoms with van der Waals surface area (Å²) in [7, 11) is 0. The van der Waals surface area contributed by atoms with Gasteiger partial charge in [-0.25, -0.2) is 0 Å². The van der Waals surface area contributed by atoms with Crippen LogP contribution in [0.5, 0.6) is 0 Å². The number of aromatic nitrogens is 4. The third kappa shape index (κ3) is 1.67.